The van der Waals surface area contributed by atoms with Crippen LogP contribution in [0.25, 0.3) is 0 Å². The maximum atomic E-state index is 14.6. The number of hydrogen-bond donors (Lipinski definition) is 0. The maximum absolute atomic E-state index is 14.6. The number of alkyl halides is 1. The minimum absolute atomic E-state index is 0.0602. The lowest BCUT2D eigenvalue weighted by molar-refractivity contribution is -0.152. The van der Waals surface area contributed by atoms with Gasteiger partial charge in [-0.25, -0.2) is 14.6 Å². The molecule has 44 heavy (non-hydrogen) atoms. The van der Waals surface area contributed by atoms with Crippen LogP contribution in [0.1, 0.15) is 34.6 Å². The molecule has 2 saturated heterocycles. The van der Waals surface area contributed by atoms with Crippen molar-refractivity contribution < 1.29 is 38.2 Å². The predicted molar refractivity (Wildman–Crippen MR) is 163 cm³/mol. The van der Waals surface area contributed by atoms with Crippen molar-refractivity contribution in [1.82, 2.24) is 0 Å². The van der Waals surface area contributed by atoms with Crippen LogP contribution in [0.2, 0.25) is 0 Å². The van der Waals surface area contributed by atoms with Gasteiger partial charge >= 0.3 is 5.97 Å². The van der Waals surface area contributed by atoms with Crippen LogP contribution in [0.5, 0.6) is 11.5 Å². The van der Waals surface area contributed by atoms with Crippen molar-refractivity contribution in [2.45, 2.75) is 38.9 Å². The number of halogens is 1. The quantitative estimate of drug-likeness (QED) is 0.231. The SMILES string of the molecule is CCOC(=O)C1=C(C)C2(Br)[C@@H]3C(=O)N(c4ccccc4OCC)C(=O)[C@@H]3C1(C)[C@H]1C(=O)N(c3ccccc3OCC)C(=O)[C@H]12. The van der Waals surface area contributed by atoms with Crippen LogP contribution in [0.4, 0.5) is 11.4 Å². The van der Waals surface area contributed by atoms with Gasteiger partial charge in [-0.2, -0.15) is 0 Å². The summed E-state index contributed by atoms with van der Waals surface area (Å²) in [5.74, 6) is -6.68. The number of amides is 4. The molecule has 10 nitrogen and oxygen atoms in total. The van der Waals surface area contributed by atoms with E-state index < -0.39 is 63.0 Å². The summed E-state index contributed by atoms with van der Waals surface area (Å²) in [5.41, 5.74) is -0.471. The van der Waals surface area contributed by atoms with Crippen LogP contribution in [0.3, 0.4) is 0 Å². The highest BCUT2D eigenvalue weighted by Crippen LogP contribution is 2.73. The molecule has 7 rings (SSSR count). The molecule has 5 aliphatic rings. The second-order valence-corrected chi connectivity index (χ2v) is 12.8. The van der Waals surface area contributed by atoms with E-state index in [1.165, 1.54) is 0 Å². The number of para-hydroxylation sites is 4. The first-order valence-electron chi connectivity index (χ1n) is 14.8. The van der Waals surface area contributed by atoms with Crippen LogP contribution >= 0.6 is 15.9 Å². The van der Waals surface area contributed by atoms with Crippen molar-refractivity contribution in [3.8, 4) is 11.5 Å². The molecule has 2 aromatic carbocycles. The molecule has 0 unspecified atom stereocenters. The molecule has 4 amide bonds. The second kappa shape index (κ2) is 10.6. The first-order chi connectivity index (χ1) is 21.0. The van der Waals surface area contributed by atoms with E-state index in [0.717, 1.165) is 9.80 Å². The number of carbonyl (C=O) groups is 5. The van der Waals surface area contributed by atoms with Crippen molar-refractivity contribution in [1.29, 1.82) is 0 Å². The fourth-order valence-electron chi connectivity index (χ4n) is 8.04. The van der Waals surface area contributed by atoms with E-state index in [1.54, 1.807) is 83.1 Å². The zero-order chi connectivity index (χ0) is 31.7. The number of carbonyl (C=O) groups excluding carboxylic acids is 5. The van der Waals surface area contributed by atoms with Crippen LogP contribution in [-0.4, -0.2) is 53.7 Å². The number of allylic oxidation sites excluding steroid dienone is 1. The van der Waals surface area contributed by atoms with Gasteiger partial charge in [0, 0.05) is 11.0 Å². The predicted octanol–water partition coefficient (Wildman–Crippen LogP) is 4.44. The molecule has 2 aliphatic heterocycles. The Kier molecular flexibility index (Phi) is 7.22. The Morgan fingerprint density at radius 3 is 1.55 bits per heavy atom. The molecule has 230 valence electrons. The zero-order valence-corrected chi connectivity index (χ0v) is 26.7. The Morgan fingerprint density at radius 1 is 0.727 bits per heavy atom. The molecule has 1 saturated carbocycles. The van der Waals surface area contributed by atoms with E-state index in [9.17, 15) is 24.0 Å². The molecular weight excluding hydrogens is 632 g/mol. The molecule has 0 spiro atoms. The number of nitrogens with zero attached hydrogens (tertiary/aromatic N) is 2. The van der Waals surface area contributed by atoms with Crippen molar-refractivity contribution in [3.05, 3.63) is 59.7 Å². The largest absolute Gasteiger partial charge is 0.492 e. The highest BCUT2D eigenvalue weighted by molar-refractivity contribution is 9.10. The fraction of sp³-hybridized carbons (Fsp3) is 0.424. The van der Waals surface area contributed by atoms with E-state index in [-0.39, 0.29) is 23.6 Å². The van der Waals surface area contributed by atoms with Crippen molar-refractivity contribution in [2.24, 2.45) is 29.1 Å². The van der Waals surface area contributed by atoms with Gasteiger partial charge in [0.15, 0.2) is 0 Å². The van der Waals surface area contributed by atoms with Gasteiger partial charge in [0.25, 0.3) is 0 Å². The van der Waals surface area contributed by atoms with Gasteiger partial charge in [-0.05, 0) is 57.5 Å². The van der Waals surface area contributed by atoms with Crippen LogP contribution < -0.4 is 19.3 Å². The van der Waals surface area contributed by atoms with E-state index >= 15 is 0 Å². The summed E-state index contributed by atoms with van der Waals surface area (Å²) in [6.45, 7) is 9.26. The molecule has 2 heterocycles. The van der Waals surface area contributed by atoms with Crippen molar-refractivity contribution in [2.75, 3.05) is 29.6 Å². The number of anilines is 2. The summed E-state index contributed by atoms with van der Waals surface area (Å²) >= 11 is 3.80. The van der Waals surface area contributed by atoms with Gasteiger partial charge < -0.3 is 14.2 Å². The molecule has 2 aromatic rings. The van der Waals surface area contributed by atoms with E-state index in [2.05, 4.69) is 15.9 Å². The number of imide groups is 2. The summed E-state index contributed by atoms with van der Waals surface area (Å²) in [5, 5.41) is 0. The average Bonchev–Trinajstić information content (AvgIpc) is 3.43. The molecule has 2 bridgehead atoms. The Labute approximate surface area is 263 Å². The number of rotatable bonds is 8. The Bertz CT molecular complexity index is 1560. The van der Waals surface area contributed by atoms with E-state index in [1.807, 2.05) is 0 Å². The molecular formula is C33H33BrN2O8. The minimum atomic E-state index is -1.55. The summed E-state index contributed by atoms with van der Waals surface area (Å²) in [6, 6.07) is 13.5. The Hall–Kier alpha value is -3.99. The van der Waals surface area contributed by atoms with Gasteiger partial charge in [-0.15, -0.1) is 0 Å². The number of ether oxygens (including phenoxy) is 3. The lowest BCUT2D eigenvalue weighted by Gasteiger charge is -2.59. The topological polar surface area (TPSA) is 120 Å². The molecule has 3 fully saturated rings. The first-order valence-corrected chi connectivity index (χ1v) is 15.6. The van der Waals surface area contributed by atoms with Crippen LogP contribution in [0.15, 0.2) is 59.7 Å². The van der Waals surface area contributed by atoms with Crippen LogP contribution in [-0.2, 0) is 28.7 Å². The third kappa shape index (κ3) is 3.68. The standard InChI is InChI=1S/C33H33BrN2O8/c1-6-42-20-15-11-9-13-18(20)35-27(37)23-25(29(35)39)33(34)17(4)22(31(41)44-8-3)32(23,5)24-26(33)30(40)36(28(24)38)19-14-10-12-16-21(19)43-7-2/h9-16,23-26H,6-8H2,1-5H3/t23-,24-,25+,26+,32?,33?/m1/s1. The van der Waals surface area contributed by atoms with Gasteiger partial charge in [-0.1, -0.05) is 47.1 Å². The van der Waals surface area contributed by atoms with Gasteiger partial charge in [-0.3, -0.25) is 19.2 Å². The molecule has 0 aromatic heterocycles. The smallest absolute Gasteiger partial charge is 0.334 e. The maximum Gasteiger partial charge on any atom is 0.334 e. The zero-order valence-electron chi connectivity index (χ0n) is 25.1. The number of esters is 1. The summed E-state index contributed by atoms with van der Waals surface area (Å²) in [6.07, 6.45) is 0. The number of benzene rings is 2. The van der Waals surface area contributed by atoms with E-state index in [4.69, 9.17) is 14.2 Å². The Morgan fingerprint density at radius 2 is 1.14 bits per heavy atom. The van der Waals surface area contributed by atoms with Gasteiger partial charge in [0.2, 0.25) is 23.6 Å². The third-order valence-electron chi connectivity index (χ3n) is 9.59. The Balaban J connectivity index is 1.58. The monoisotopic (exact) mass is 664 g/mol. The second-order valence-electron chi connectivity index (χ2n) is 11.5. The van der Waals surface area contributed by atoms with Gasteiger partial charge in [0.05, 0.1) is 59.2 Å². The lowest BCUT2D eigenvalue weighted by Crippen LogP contribution is -2.67. The number of hydrogen-bond acceptors (Lipinski definition) is 8. The summed E-state index contributed by atoms with van der Waals surface area (Å²) < 4.78 is 15.5. The molecule has 0 radical (unpaired) electrons. The first kappa shape index (κ1) is 30.1. The minimum Gasteiger partial charge on any atom is -0.492 e. The van der Waals surface area contributed by atoms with Crippen LogP contribution in [0, 0.1) is 29.1 Å². The van der Waals surface area contributed by atoms with E-state index in [0.29, 0.717) is 30.3 Å². The summed E-state index contributed by atoms with van der Waals surface area (Å²) in [4.78, 5) is 74.1. The molecule has 3 aliphatic carbocycles. The highest BCUT2D eigenvalue weighted by atomic mass is 79.9. The third-order valence-corrected chi connectivity index (χ3v) is 11.2. The summed E-state index contributed by atoms with van der Waals surface area (Å²) in [7, 11) is 0. The van der Waals surface area contributed by atoms with Crippen molar-refractivity contribution in [3.63, 3.8) is 0 Å². The molecule has 4 atom stereocenters. The molecule has 0 N–H and O–H groups in total. The average molecular weight is 666 g/mol. The highest BCUT2D eigenvalue weighted by Gasteiger charge is 2.82. The van der Waals surface area contributed by atoms with Gasteiger partial charge in [0.1, 0.15) is 11.5 Å². The lowest BCUT2D eigenvalue weighted by atomic mass is 9.43. The fourth-order valence-corrected chi connectivity index (χ4v) is 9.16. The molecule has 11 heteroatoms. The normalized spacial score (nSPS) is 30.6. The van der Waals surface area contributed by atoms with Crippen molar-refractivity contribution >= 4 is 56.9 Å².